The molecule has 2 rings (SSSR count). The van der Waals surface area contributed by atoms with Crippen LogP contribution in [0, 0.1) is 5.92 Å². The fourth-order valence-corrected chi connectivity index (χ4v) is 3.29. The lowest BCUT2D eigenvalue weighted by Gasteiger charge is -2.36. The van der Waals surface area contributed by atoms with Gasteiger partial charge >= 0.3 is 0 Å². The molecule has 1 aromatic rings. The number of aliphatic imine (C=N–C) groups is 1. The number of benzene rings is 1. The molecule has 0 bridgehead atoms. The van der Waals surface area contributed by atoms with Crippen LogP contribution in [0.5, 0.6) is 0 Å². The summed E-state index contributed by atoms with van der Waals surface area (Å²) in [5.74, 6) is 1.70. The SMILES string of the molecule is CN=C(NCC1CCCN(C(C)C)C1)N(C)Cc1ccccc1.I. The van der Waals surface area contributed by atoms with E-state index in [1.165, 1.54) is 31.5 Å². The Morgan fingerprint density at radius 3 is 2.67 bits per heavy atom. The van der Waals surface area contributed by atoms with Crippen LogP contribution < -0.4 is 5.32 Å². The second-order valence-corrected chi connectivity index (χ2v) is 6.87. The minimum atomic E-state index is 0. The molecular formula is C19H33IN4. The van der Waals surface area contributed by atoms with E-state index < -0.39 is 0 Å². The fourth-order valence-electron chi connectivity index (χ4n) is 3.29. The molecule has 24 heavy (non-hydrogen) atoms. The molecule has 136 valence electrons. The average Bonchev–Trinajstić information content (AvgIpc) is 2.56. The van der Waals surface area contributed by atoms with Gasteiger partial charge < -0.3 is 15.1 Å². The summed E-state index contributed by atoms with van der Waals surface area (Å²) in [6.45, 7) is 8.92. The minimum absolute atomic E-state index is 0. The summed E-state index contributed by atoms with van der Waals surface area (Å²) in [4.78, 5) is 9.22. The molecule has 4 nitrogen and oxygen atoms in total. The van der Waals surface area contributed by atoms with Crippen LogP contribution in [0.25, 0.3) is 0 Å². The topological polar surface area (TPSA) is 30.9 Å². The van der Waals surface area contributed by atoms with Gasteiger partial charge in [-0.05, 0) is 44.7 Å². The van der Waals surface area contributed by atoms with Crippen LogP contribution in [-0.2, 0) is 6.54 Å². The Hall–Kier alpha value is -0.820. The summed E-state index contributed by atoms with van der Waals surface area (Å²) < 4.78 is 0. The van der Waals surface area contributed by atoms with E-state index in [1.54, 1.807) is 0 Å². The van der Waals surface area contributed by atoms with Gasteiger partial charge in [0.2, 0.25) is 0 Å². The zero-order valence-corrected chi connectivity index (χ0v) is 17.9. The van der Waals surface area contributed by atoms with Crippen LogP contribution in [0.3, 0.4) is 0 Å². The van der Waals surface area contributed by atoms with Crippen LogP contribution in [-0.4, -0.2) is 55.5 Å². The molecular weight excluding hydrogens is 411 g/mol. The molecule has 1 aliphatic heterocycles. The Kier molecular flexibility index (Phi) is 9.66. The second-order valence-electron chi connectivity index (χ2n) is 6.87. The van der Waals surface area contributed by atoms with Crippen molar-refractivity contribution in [2.45, 2.75) is 39.3 Å². The first kappa shape index (κ1) is 21.2. The largest absolute Gasteiger partial charge is 0.356 e. The highest BCUT2D eigenvalue weighted by Crippen LogP contribution is 2.17. The second kappa shape index (κ2) is 10.9. The number of piperidine rings is 1. The summed E-state index contributed by atoms with van der Waals surface area (Å²) in [7, 11) is 3.97. The number of halogens is 1. The van der Waals surface area contributed by atoms with Gasteiger partial charge in [0, 0.05) is 39.8 Å². The van der Waals surface area contributed by atoms with Crippen LogP contribution in [0.1, 0.15) is 32.3 Å². The van der Waals surface area contributed by atoms with Crippen molar-refractivity contribution < 1.29 is 0 Å². The molecule has 0 amide bonds. The Bertz CT molecular complexity index is 489. The predicted molar refractivity (Wildman–Crippen MR) is 114 cm³/mol. The molecule has 0 aromatic heterocycles. The zero-order valence-electron chi connectivity index (χ0n) is 15.5. The van der Waals surface area contributed by atoms with Gasteiger partial charge in [-0.1, -0.05) is 30.3 Å². The van der Waals surface area contributed by atoms with Gasteiger partial charge in [-0.2, -0.15) is 0 Å². The molecule has 0 spiro atoms. The van der Waals surface area contributed by atoms with E-state index in [1.807, 2.05) is 7.05 Å². The smallest absolute Gasteiger partial charge is 0.193 e. The Balaban J connectivity index is 0.00000288. The van der Waals surface area contributed by atoms with Crippen LogP contribution in [0.2, 0.25) is 0 Å². The third-order valence-electron chi connectivity index (χ3n) is 4.67. The van der Waals surface area contributed by atoms with Gasteiger partial charge in [0.25, 0.3) is 0 Å². The highest BCUT2D eigenvalue weighted by atomic mass is 127. The average molecular weight is 444 g/mol. The molecule has 0 aliphatic carbocycles. The lowest BCUT2D eigenvalue weighted by Crippen LogP contribution is -2.46. The van der Waals surface area contributed by atoms with Crippen molar-refractivity contribution in [3.63, 3.8) is 0 Å². The van der Waals surface area contributed by atoms with Gasteiger partial charge in [-0.3, -0.25) is 4.99 Å². The lowest BCUT2D eigenvalue weighted by molar-refractivity contribution is 0.140. The third kappa shape index (κ3) is 6.59. The van der Waals surface area contributed by atoms with E-state index in [4.69, 9.17) is 0 Å². The molecule has 1 fully saturated rings. The number of likely N-dealkylation sites (tertiary alicyclic amines) is 1. The van der Waals surface area contributed by atoms with E-state index in [0.29, 0.717) is 12.0 Å². The van der Waals surface area contributed by atoms with Gasteiger partial charge in [0.1, 0.15) is 0 Å². The number of nitrogens with one attached hydrogen (secondary N) is 1. The third-order valence-corrected chi connectivity index (χ3v) is 4.67. The molecule has 1 aliphatic rings. The highest BCUT2D eigenvalue weighted by molar-refractivity contribution is 14.0. The van der Waals surface area contributed by atoms with Crippen molar-refractivity contribution in [3.05, 3.63) is 35.9 Å². The maximum absolute atomic E-state index is 4.44. The van der Waals surface area contributed by atoms with E-state index in [2.05, 4.69) is 71.3 Å². The first-order chi connectivity index (χ1) is 11.1. The number of nitrogens with zero attached hydrogens (tertiary/aromatic N) is 3. The van der Waals surface area contributed by atoms with E-state index in [-0.39, 0.29) is 24.0 Å². The first-order valence-corrected chi connectivity index (χ1v) is 8.80. The maximum atomic E-state index is 4.44. The molecule has 1 N–H and O–H groups in total. The normalized spacial score (nSPS) is 19.0. The van der Waals surface area contributed by atoms with Crippen LogP contribution in [0.15, 0.2) is 35.3 Å². The van der Waals surface area contributed by atoms with Crippen molar-refractivity contribution in [2.75, 3.05) is 33.7 Å². The van der Waals surface area contributed by atoms with Crippen molar-refractivity contribution in [1.29, 1.82) is 0 Å². The standard InChI is InChI=1S/C19H32N4.HI/c1-16(2)23-12-8-11-18(15-23)13-21-19(20-3)22(4)14-17-9-6-5-7-10-17;/h5-7,9-10,16,18H,8,11-15H2,1-4H3,(H,20,21);1H. The fraction of sp³-hybridized carbons (Fsp3) is 0.632. The van der Waals surface area contributed by atoms with Crippen molar-refractivity contribution in [1.82, 2.24) is 15.1 Å². The number of hydrogen-bond acceptors (Lipinski definition) is 2. The molecule has 1 saturated heterocycles. The van der Waals surface area contributed by atoms with Crippen molar-refractivity contribution >= 4 is 29.9 Å². The quantitative estimate of drug-likeness (QED) is 0.429. The van der Waals surface area contributed by atoms with Gasteiger partial charge in [-0.15, -0.1) is 24.0 Å². The molecule has 5 heteroatoms. The number of guanidine groups is 1. The Labute approximate surface area is 164 Å². The molecule has 1 unspecified atom stereocenters. The maximum Gasteiger partial charge on any atom is 0.193 e. The molecule has 0 radical (unpaired) electrons. The molecule has 1 aromatic carbocycles. The van der Waals surface area contributed by atoms with Gasteiger partial charge in [-0.25, -0.2) is 0 Å². The molecule has 0 saturated carbocycles. The number of rotatable bonds is 5. The van der Waals surface area contributed by atoms with Crippen LogP contribution in [0.4, 0.5) is 0 Å². The van der Waals surface area contributed by atoms with Crippen molar-refractivity contribution in [3.8, 4) is 0 Å². The monoisotopic (exact) mass is 444 g/mol. The minimum Gasteiger partial charge on any atom is -0.356 e. The Morgan fingerprint density at radius 2 is 2.04 bits per heavy atom. The summed E-state index contributed by atoms with van der Waals surface area (Å²) in [5.41, 5.74) is 1.31. The summed E-state index contributed by atoms with van der Waals surface area (Å²) >= 11 is 0. The van der Waals surface area contributed by atoms with Crippen LogP contribution >= 0.6 is 24.0 Å². The zero-order chi connectivity index (χ0) is 16.7. The lowest BCUT2D eigenvalue weighted by atomic mass is 9.97. The number of hydrogen-bond donors (Lipinski definition) is 1. The van der Waals surface area contributed by atoms with E-state index >= 15 is 0 Å². The molecule has 1 heterocycles. The predicted octanol–water partition coefficient (Wildman–Crippen LogP) is 3.43. The Morgan fingerprint density at radius 1 is 1.33 bits per heavy atom. The summed E-state index contributed by atoms with van der Waals surface area (Å²) in [6.07, 6.45) is 2.62. The summed E-state index contributed by atoms with van der Waals surface area (Å²) in [6, 6.07) is 11.2. The molecule has 1 atom stereocenters. The summed E-state index contributed by atoms with van der Waals surface area (Å²) in [5, 5.41) is 3.57. The first-order valence-electron chi connectivity index (χ1n) is 8.80. The van der Waals surface area contributed by atoms with E-state index in [9.17, 15) is 0 Å². The van der Waals surface area contributed by atoms with Crippen molar-refractivity contribution in [2.24, 2.45) is 10.9 Å². The highest BCUT2D eigenvalue weighted by Gasteiger charge is 2.22. The van der Waals surface area contributed by atoms with Gasteiger partial charge in [0.15, 0.2) is 5.96 Å². The van der Waals surface area contributed by atoms with Gasteiger partial charge in [0.05, 0.1) is 0 Å². The van der Waals surface area contributed by atoms with E-state index in [0.717, 1.165) is 19.0 Å².